The summed E-state index contributed by atoms with van der Waals surface area (Å²) < 4.78 is 5.92. The quantitative estimate of drug-likeness (QED) is 0.824. The van der Waals surface area contributed by atoms with E-state index in [2.05, 4.69) is 33.8 Å². The summed E-state index contributed by atoms with van der Waals surface area (Å²) in [6, 6.07) is 4.10. The maximum absolute atomic E-state index is 6.27. The molecule has 1 aliphatic rings. The third-order valence-electron chi connectivity index (χ3n) is 4.37. The Kier molecular flexibility index (Phi) is 5.95. The predicted molar refractivity (Wildman–Crippen MR) is 89.5 cm³/mol. The number of likely N-dealkylation sites (tertiary alicyclic amines) is 1. The zero-order valence-corrected chi connectivity index (χ0v) is 14.6. The molecule has 1 heterocycles. The minimum Gasteiger partial charge on any atom is -0.492 e. The Labute approximate surface area is 134 Å². The minimum atomic E-state index is 0.736. The number of hydrogen-bond donors (Lipinski definition) is 1. The zero-order chi connectivity index (χ0) is 15.4. The molecule has 118 valence electrons. The molecule has 0 bridgehead atoms. The molecular formula is C18H29ClNO+. The van der Waals surface area contributed by atoms with Gasteiger partial charge in [-0.1, -0.05) is 31.5 Å². The number of quaternary nitrogens is 1. The molecule has 0 radical (unpaired) electrons. The van der Waals surface area contributed by atoms with Gasteiger partial charge in [-0.15, -0.1) is 0 Å². The van der Waals surface area contributed by atoms with Gasteiger partial charge in [0.2, 0.25) is 0 Å². The van der Waals surface area contributed by atoms with Crippen LogP contribution in [0.1, 0.15) is 37.8 Å². The highest BCUT2D eigenvalue weighted by Gasteiger charge is 2.24. The van der Waals surface area contributed by atoms with Crippen molar-refractivity contribution in [1.82, 2.24) is 0 Å². The fraction of sp³-hybridized carbons (Fsp3) is 0.667. The summed E-state index contributed by atoms with van der Waals surface area (Å²) in [5, 5.41) is 0.736. The van der Waals surface area contributed by atoms with Crippen LogP contribution in [0.5, 0.6) is 5.75 Å². The second-order valence-corrected chi connectivity index (χ2v) is 7.36. The molecule has 3 heteroatoms. The van der Waals surface area contributed by atoms with Gasteiger partial charge in [-0.2, -0.15) is 0 Å². The third kappa shape index (κ3) is 4.89. The van der Waals surface area contributed by atoms with Crippen molar-refractivity contribution < 1.29 is 9.64 Å². The first-order valence-corrected chi connectivity index (χ1v) is 8.56. The molecule has 1 saturated heterocycles. The van der Waals surface area contributed by atoms with E-state index >= 15 is 0 Å². The summed E-state index contributed by atoms with van der Waals surface area (Å²) in [6.45, 7) is 13.5. The SMILES string of the molecule is Cc1cc(C)c(OCCC[NH+]2C[C@H](C)C[C@H](C)C2)c(Cl)c1. The monoisotopic (exact) mass is 310 g/mol. The molecule has 0 aliphatic carbocycles. The second-order valence-electron chi connectivity index (χ2n) is 6.95. The van der Waals surface area contributed by atoms with Crippen molar-refractivity contribution in [3.05, 3.63) is 28.3 Å². The van der Waals surface area contributed by atoms with Crippen molar-refractivity contribution in [2.24, 2.45) is 11.8 Å². The molecule has 2 rings (SSSR count). The molecule has 1 aliphatic heterocycles. The van der Waals surface area contributed by atoms with Gasteiger partial charge in [0.1, 0.15) is 5.75 Å². The lowest BCUT2D eigenvalue weighted by molar-refractivity contribution is -0.912. The number of benzene rings is 1. The molecule has 1 aromatic rings. The Morgan fingerprint density at radius 2 is 1.86 bits per heavy atom. The number of rotatable bonds is 5. The van der Waals surface area contributed by atoms with Gasteiger partial charge in [0, 0.05) is 18.3 Å². The van der Waals surface area contributed by atoms with Gasteiger partial charge in [-0.3, -0.25) is 0 Å². The lowest BCUT2D eigenvalue weighted by Gasteiger charge is -2.32. The molecule has 1 fully saturated rings. The molecule has 1 aromatic carbocycles. The van der Waals surface area contributed by atoms with Gasteiger partial charge in [0.15, 0.2) is 0 Å². The first-order chi connectivity index (χ1) is 9.95. The minimum absolute atomic E-state index is 0.736. The van der Waals surface area contributed by atoms with Crippen molar-refractivity contribution in [3.63, 3.8) is 0 Å². The van der Waals surface area contributed by atoms with Crippen LogP contribution in [0.2, 0.25) is 5.02 Å². The number of aryl methyl sites for hydroxylation is 2. The van der Waals surface area contributed by atoms with Crippen molar-refractivity contribution in [3.8, 4) is 5.75 Å². The smallest absolute Gasteiger partial charge is 0.140 e. The molecular weight excluding hydrogens is 282 g/mol. The Morgan fingerprint density at radius 3 is 2.48 bits per heavy atom. The molecule has 21 heavy (non-hydrogen) atoms. The van der Waals surface area contributed by atoms with Gasteiger partial charge >= 0.3 is 0 Å². The van der Waals surface area contributed by atoms with E-state index in [1.165, 1.54) is 31.6 Å². The largest absolute Gasteiger partial charge is 0.492 e. The normalized spacial score (nSPS) is 25.9. The summed E-state index contributed by atoms with van der Waals surface area (Å²) in [6.07, 6.45) is 2.48. The van der Waals surface area contributed by atoms with Gasteiger partial charge in [-0.05, 0) is 37.5 Å². The van der Waals surface area contributed by atoms with Crippen LogP contribution < -0.4 is 9.64 Å². The van der Waals surface area contributed by atoms with E-state index in [9.17, 15) is 0 Å². The maximum Gasteiger partial charge on any atom is 0.140 e. The van der Waals surface area contributed by atoms with E-state index in [0.29, 0.717) is 0 Å². The van der Waals surface area contributed by atoms with Gasteiger partial charge in [0.05, 0.1) is 31.3 Å². The van der Waals surface area contributed by atoms with Crippen LogP contribution >= 0.6 is 11.6 Å². The molecule has 2 nitrogen and oxygen atoms in total. The second kappa shape index (κ2) is 7.51. The molecule has 1 N–H and O–H groups in total. The summed E-state index contributed by atoms with van der Waals surface area (Å²) in [5.41, 5.74) is 2.32. The van der Waals surface area contributed by atoms with E-state index in [-0.39, 0.29) is 0 Å². The van der Waals surface area contributed by atoms with E-state index in [4.69, 9.17) is 16.3 Å². The Bertz CT molecular complexity index is 441. The highest BCUT2D eigenvalue weighted by atomic mass is 35.5. The maximum atomic E-state index is 6.27. The van der Waals surface area contributed by atoms with E-state index in [0.717, 1.165) is 41.2 Å². The third-order valence-corrected chi connectivity index (χ3v) is 4.65. The highest BCUT2D eigenvalue weighted by molar-refractivity contribution is 6.32. The number of piperidine rings is 1. The highest BCUT2D eigenvalue weighted by Crippen LogP contribution is 2.29. The van der Waals surface area contributed by atoms with Gasteiger partial charge in [-0.25, -0.2) is 0 Å². The van der Waals surface area contributed by atoms with Crippen LogP contribution in [0.15, 0.2) is 12.1 Å². The predicted octanol–water partition coefficient (Wildman–Crippen LogP) is 3.29. The van der Waals surface area contributed by atoms with Crippen molar-refractivity contribution in [2.45, 2.75) is 40.5 Å². The first kappa shape index (κ1) is 16.6. The molecule has 0 amide bonds. The van der Waals surface area contributed by atoms with Crippen LogP contribution in [0.3, 0.4) is 0 Å². The number of ether oxygens (including phenoxy) is 1. The summed E-state index contributed by atoms with van der Waals surface area (Å²) in [7, 11) is 0. The van der Waals surface area contributed by atoms with Crippen LogP contribution in [-0.4, -0.2) is 26.2 Å². The average molecular weight is 311 g/mol. The fourth-order valence-electron chi connectivity index (χ4n) is 3.71. The van der Waals surface area contributed by atoms with Gasteiger partial charge < -0.3 is 9.64 Å². The van der Waals surface area contributed by atoms with Crippen LogP contribution in [-0.2, 0) is 0 Å². The Morgan fingerprint density at radius 1 is 1.19 bits per heavy atom. The van der Waals surface area contributed by atoms with Crippen molar-refractivity contribution in [1.29, 1.82) is 0 Å². The van der Waals surface area contributed by atoms with Crippen LogP contribution in [0.25, 0.3) is 0 Å². The van der Waals surface area contributed by atoms with E-state index in [1.54, 1.807) is 4.90 Å². The molecule has 3 atom stereocenters. The number of halogens is 1. The van der Waals surface area contributed by atoms with E-state index in [1.807, 2.05) is 6.07 Å². The molecule has 0 spiro atoms. The summed E-state index contributed by atoms with van der Waals surface area (Å²) in [5.74, 6) is 2.58. The average Bonchev–Trinajstić information content (AvgIpc) is 2.35. The lowest BCUT2D eigenvalue weighted by Crippen LogP contribution is -3.14. The fourth-order valence-corrected chi connectivity index (χ4v) is 4.08. The zero-order valence-electron chi connectivity index (χ0n) is 13.8. The number of nitrogens with one attached hydrogen (secondary N) is 1. The Balaban J connectivity index is 1.77. The molecule has 1 unspecified atom stereocenters. The first-order valence-electron chi connectivity index (χ1n) is 8.18. The van der Waals surface area contributed by atoms with Crippen LogP contribution in [0.4, 0.5) is 0 Å². The lowest BCUT2D eigenvalue weighted by atomic mass is 9.92. The molecule has 0 aromatic heterocycles. The van der Waals surface area contributed by atoms with Crippen molar-refractivity contribution >= 4 is 11.6 Å². The van der Waals surface area contributed by atoms with Crippen molar-refractivity contribution in [2.75, 3.05) is 26.2 Å². The van der Waals surface area contributed by atoms with Crippen LogP contribution in [0, 0.1) is 25.7 Å². The Hall–Kier alpha value is -0.730. The van der Waals surface area contributed by atoms with Gasteiger partial charge in [0.25, 0.3) is 0 Å². The molecule has 0 saturated carbocycles. The summed E-state index contributed by atoms with van der Waals surface area (Å²) in [4.78, 5) is 1.73. The number of hydrogen-bond acceptors (Lipinski definition) is 1. The topological polar surface area (TPSA) is 13.7 Å². The summed E-state index contributed by atoms with van der Waals surface area (Å²) >= 11 is 6.27. The standard InChI is InChI=1S/C18H28ClNO/c1-13-9-16(4)18(17(19)10-13)21-7-5-6-20-11-14(2)8-15(3)12-20/h9-10,14-15H,5-8,11-12H2,1-4H3/p+1/t14-,15+. The van der Waals surface area contributed by atoms with E-state index < -0.39 is 0 Å².